The van der Waals surface area contributed by atoms with Crippen LogP contribution in [0.5, 0.6) is 0 Å². The van der Waals surface area contributed by atoms with Crippen LogP contribution in [0.3, 0.4) is 0 Å². The van der Waals surface area contributed by atoms with Crippen molar-refractivity contribution in [3.05, 3.63) is 65.0 Å². The fourth-order valence-electron chi connectivity index (χ4n) is 3.73. The number of aromatic nitrogens is 1. The summed E-state index contributed by atoms with van der Waals surface area (Å²) < 4.78 is 0. The smallest absolute Gasteiger partial charge is 0.255 e. The van der Waals surface area contributed by atoms with Gasteiger partial charge in [0.1, 0.15) is 0 Å². The lowest BCUT2D eigenvalue weighted by molar-refractivity contribution is 0.0702. The van der Waals surface area contributed by atoms with Crippen LogP contribution >= 0.6 is 0 Å². The molecule has 0 unspecified atom stereocenters. The Kier molecular flexibility index (Phi) is 4.30. The molecule has 0 radical (unpaired) electrons. The highest BCUT2D eigenvalue weighted by Gasteiger charge is 2.25. The average Bonchev–Trinajstić information content (AvgIpc) is 2.68. The van der Waals surface area contributed by atoms with Crippen LogP contribution in [-0.2, 0) is 12.8 Å². The van der Waals surface area contributed by atoms with Crippen molar-refractivity contribution in [3.63, 3.8) is 0 Å². The molecule has 2 aliphatic rings. The molecular weight excluding hydrogens is 298 g/mol. The van der Waals surface area contributed by atoms with Crippen molar-refractivity contribution in [2.24, 2.45) is 0 Å². The summed E-state index contributed by atoms with van der Waals surface area (Å²) in [6.07, 6.45) is 6.29. The Bertz CT molecular complexity index is 729. The molecule has 2 aromatic rings. The summed E-state index contributed by atoms with van der Waals surface area (Å²) in [5.74, 6) is 0.110. The van der Waals surface area contributed by atoms with Crippen LogP contribution in [0.15, 0.2) is 42.6 Å². The Morgan fingerprint density at radius 2 is 2.00 bits per heavy atom. The molecule has 0 saturated carbocycles. The van der Waals surface area contributed by atoms with Gasteiger partial charge in [0.15, 0.2) is 0 Å². The van der Waals surface area contributed by atoms with E-state index in [1.807, 2.05) is 23.1 Å². The lowest BCUT2D eigenvalue weighted by Gasteiger charge is -2.34. The fraction of sp³-hybridized carbons (Fsp3) is 0.400. The molecule has 2 heterocycles. The average molecular weight is 321 g/mol. The lowest BCUT2D eigenvalue weighted by Crippen LogP contribution is -2.48. The first-order chi connectivity index (χ1) is 11.8. The Hall–Kier alpha value is -2.20. The predicted octanol–water partition coefficient (Wildman–Crippen LogP) is 2.75. The minimum Gasteiger partial charge on any atom is -0.335 e. The topological polar surface area (TPSA) is 45.2 Å². The van der Waals surface area contributed by atoms with E-state index < -0.39 is 0 Å². The van der Waals surface area contributed by atoms with Crippen LogP contribution in [0.1, 0.15) is 46.1 Å². The number of nitrogens with one attached hydrogen (secondary N) is 1. The molecule has 1 aromatic heterocycles. The van der Waals surface area contributed by atoms with E-state index in [1.165, 1.54) is 29.7 Å². The number of carbonyl (C=O) groups excluding carboxylic acids is 1. The Balaban J connectivity index is 1.51. The van der Waals surface area contributed by atoms with Gasteiger partial charge in [-0.2, -0.15) is 0 Å². The fourth-order valence-corrected chi connectivity index (χ4v) is 3.73. The number of carbonyl (C=O) groups is 1. The zero-order chi connectivity index (χ0) is 16.4. The lowest BCUT2D eigenvalue weighted by atomic mass is 9.95. The molecule has 1 aromatic carbocycles. The Labute approximate surface area is 142 Å². The van der Waals surface area contributed by atoms with Gasteiger partial charge >= 0.3 is 0 Å². The molecule has 1 N–H and O–H groups in total. The molecular formula is C20H23N3O. The summed E-state index contributed by atoms with van der Waals surface area (Å²) in [4.78, 5) is 19.4. The number of fused-ring (bicyclic) bond motifs is 1. The molecule has 1 saturated heterocycles. The van der Waals surface area contributed by atoms with Gasteiger partial charge in [-0.05, 0) is 42.9 Å². The summed E-state index contributed by atoms with van der Waals surface area (Å²) in [6.45, 7) is 2.28. The third-order valence-electron chi connectivity index (χ3n) is 5.08. The molecule has 0 bridgehead atoms. The van der Waals surface area contributed by atoms with Crippen LogP contribution in [0.4, 0.5) is 0 Å². The minimum atomic E-state index is 0.110. The number of rotatable bonds is 2. The molecule has 4 heteroatoms. The predicted molar refractivity (Wildman–Crippen MR) is 94.0 cm³/mol. The van der Waals surface area contributed by atoms with Gasteiger partial charge < -0.3 is 10.2 Å². The van der Waals surface area contributed by atoms with E-state index in [2.05, 4.69) is 28.5 Å². The second-order valence-corrected chi connectivity index (χ2v) is 6.71. The summed E-state index contributed by atoms with van der Waals surface area (Å²) in [7, 11) is 0. The summed E-state index contributed by atoms with van der Waals surface area (Å²) in [5, 5.41) is 3.51. The highest BCUT2D eigenvalue weighted by molar-refractivity contribution is 5.94. The molecule has 24 heavy (non-hydrogen) atoms. The van der Waals surface area contributed by atoms with Crippen LogP contribution in [0.25, 0.3) is 0 Å². The molecule has 1 aliphatic heterocycles. The van der Waals surface area contributed by atoms with Crippen molar-refractivity contribution in [1.82, 2.24) is 15.2 Å². The second kappa shape index (κ2) is 6.73. The third-order valence-corrected chi connectivity index (χ3v) is 5.08. The number of benzene rings is 1. The second-order valence-electron chi connectivity index (χ2n) is 6.71. The van der Waals surface area contributed by atoms with Gasteiger partial charge in [0.05, 0.1) is 5.56 Å². The molecule has 1 amide bonds. The summed E-state index contributed by atoms with van der Waals surface area (Å²) in [6, 6.07) is 12.6. The quantitative estimate of drug-likeness (QED) is 0.925. The van der Waals surface area contributed by atoms with Gasteiger partial charge in [-0.25, -0.2) is 0 Å². The van der Waals surface area contributed by atoms with Crippen molar-refractivity contribution in [2.45, 2.75) is 31.7 Å². The monoisotopic (exact) mass is 321 g/mol. The van der Waals surface area contributed by atoms with Crippen molar-refractivity contribution in [3.8, 4) is 0 Å². The van der Waals surface area contributed by atoms with E-state index in [0.29, 0.717) is 6.54 Å². The highest BCUT2D eigenvalue weighted by Crippen LogP contribution is 2.22. The number of aryl methyl sites for hydroxylation is 2. The Morgan fingerprint density at radius 3 is 2.88 bits per heavy atom. The van der Waals surface area contributed by atoms with Crippen molar-refractivity contribution in [2.75, 3.05) is 19.6 Å². The zero-order valence-electron chi connectivity index (χ0n) is 13.9. The van der Waals surface area contributed by atoms with Crippen LogP contribution in [0.2, 0.25) is 0 Å². The minimum absolute atomic E-state index is 0.110. The number of piperazine rings is 1. The number of amides is 1. The first kappa shape index (κ1) is 15.3. The van der Waals surface area contributed by atoms with Crippen molar-refractivity contribution < 1.29 is 4.79 Å². The van der Waals surface area contributed by atoms with Crippen LogP contribution < -0.4 is 5.32 Å². The zero-order valence-corrected chi connectivity index (χ0v) is 13.9. The normalized spacial score (nSPS) is 20.5. The van der Waals surface area contributed by atoms with Crippen molar-refractivity contribution in [1.29, 1.82) is 0 Å². The first-order valence-corrected chi connectivity index (χ1v) is 8.86. The maximum atomic E-state index is 12.9. The van der Waals surface area contributed by atoms with Crippen LogP contribution in [-0.4, -0.2) is 35.4 Å². The number of nitrogens with zero attached hydrogens (tertiary/aromatic N) is 2. The largest absolute Gasteiger partial charge is 0.335 e. The molecule has 0 spiro atoms. The summed E-state index contributed by atoms with van der Waals surface area (Å²) in [5.41, 5.74) is 4.42. The van der Waals surface area contributed by atoms with Gasteiger partial charge in [-0.3, -0.25) is 9.78 Å². The van der Waals surface area contributed by atoms with E-state index in [9.17, 15) is 4.79 Å². The van der Waals surface area contributed by atoms with E-state index in [-0.39, 0.29) is 11.9 Å². The number of hydrogen-bond donors (Lipinski definition) is 1. The van der Waals surface area contributed by atoms with Gasteiger partial charge in [-0.1, -0.05) is 30.3 Å². The Morgan fingerprint density at radius 1 is 1.17 bits per heavy atom. The summed E-state index contributed by atoms with van der Waals surface area (Å²) >= 11 is 0. The maximum absolute atomic E-state index is 12.9. The van der Waals surface area contributed by atoms with E-state index in [1.54, 1.807) is 6.20 Å². The first-order valence-electron chi connectivity index (χ1n) is 8.86. The van der Waals surface area contributed by atoms with Gasteiger partial charge in [0.2, 0.25) is 0 Å². The molecule has 1 fully saturated rings. The molecule has 1 atom stereocenters. The van der Waals surface area contributed by atoms with E-state index in [4.69, 9.17) is 0 Å². The van der Waals surface area contributed by atoms with E-state index >= 15 is 0 Å². The third kappa shape index (κ3) is 3.06. The molecule has 124 valence electrons. The maximum Gasteiger partial charge on any atom is 0.255 e. The molecule has 4 nitrogen and oxygen atoms in total. The number of hydrogen-bond acceptors (Lipinski definition) is 3. The number of pyridine rings is 1. The highest BCUT2D eigenvalue weighted by atomic mass is 16.2. The molecule has 1 aliphatic carbocycles. The standard InChI is InChI=1S/C20H23N3O/c24-20(17-12-16-8-4-5-9-18(16)22-13-17)23-11-10-21-19(14-23)15-6-2-1-3-7-15/h1-3,6-7,12-13,19,21H,4-5,8-11,14H2/t19-/m0/s1. The van der Waals surface area contributed by atoms with Gasteiger partial charge in [0, 0.05) is 37.6 Å². The SMILES string of the molecule is O=C(c1cnc2c(c1)CCCC2)N1CCN[C@H](c2ccccc2)C1. The van der Waals surface area contributed by atoms with Gasteiger partial charge in [-0.15, -0.1) is 0 Å². The van der Waals surface area contributed by atoms with Crippen molar-refractivity contribution >= 4 is 5.91 Å². The molecule has 4 rings (SSSR count). The van der Waals surface area contributed by atoms with Crippen LogP contribution in [0, 0.1) is 0 Å². The van der Waals surface area contributed by atoms with Gasteiger partial charge in [0.25, 0.3) is 5.91 Å². The van der Waals surface area contributed by atoms with E-state index in [0.717, 1.165) is 31.5 Å².